The van der Waals surface area contributed by atoms with Crippen LogP contribution in [0, 0.1) is 5.92 Å². The van der Waals surface area contributed by atoms with E-state index in [1.807, 2.05) is 11.8 Å². The number of nitrogens with one attached hydrogen (secondary N) is 1. The molecule has 2 unspecified atom stereocenters. The molecule has 17 heavy (non-hydrogen) atoms. The first-order valence-corrected chi connectivity index (χ1v) is 6.28. The zero-order valence-electron chi connectivity index (χ0n) is 10.6. The normalized spacial score (nSPS) is 23.1. The summed E-state index contributed by atoms with van der Waals surface area (Å²) >= 11 is 0. The fraction of sp³-hybridized carbons (Fsp3) is 0.833. The highest BCUT2D eigenvalue weighted by Crippen LogP contribution is 2.20. The van der Waals surface area contributed by atoms with Crippen LogP contribution in [0.1, 0.15) is 32.6 Å². The van der Waals surface area contributed by atoms with Crippen molar-refractivity contribution < 1.29 is 14.7 Å². The van der Waals surface area contributed by atoms with Crippen molar-refractivity contribution in [3.05, 3.63) is 0 Å². The van der Waals surface area contributed by atoms with Crippen LogP contribution in [0.15, 0.2) is 0 Å². The molecule has 1 amide bonds. The Labute approximate surface area is 102 Å². The maximum atomic E-state index is 11.6. The lowest BCUT2D eigenvalue weighted by atomic mass is 9.95. The van der Waals surface area contributed by atoms with E-state index in [0.29, 0.717) is 13.0 Å². The van der Waals surface area contributed by atoms with E-state index in [-0.39, 0.29) is 11.8 Å². The van der Waals surface area contributed by atoms with Crippen LogP contribution in [-0.4, -0.2) is 48.1 Å². The summed E-state index contributed by atoms with van der Waals surface area (Å²) in [6.45, 7) is 3.33. The molecule has 0 spiro atoms. The average molecular weight is 242 g/mol. The largest absolute Gasteiger partial charge is 0.480 e. The summed E-state index contributed by atoms with van der Waals surface area (Å²) in [6.07, 6.45) is 3.24. The molecule has 1 fully saturated rings. The number of likely N-dealkylation sites (tertiary alicyclic amines) is 1. The minimum atomic E-state index is -0.774. The molecule has 98 valence electrons. The van der Waals surface area contributed by atoms with E-state index in [1.165, 1.54) is 0 Å². The number of piperidine rings is 1. The fourth-order valence-electron chi connectivity index (χ4n) is 2.44. The lowest BCUT2D eigenvalue weighted by Gasteiger charge is -2.35. The standard InChI is InChI=1S/C12H22N2O3/c1-3-5-10(12(16)17)14-7-4-6-9(8-14)11(15)13-2/h9-10H,3-8H2,1-2H3,(H,13,15)(H,16,17). The second-order valence-corrected chi connectivity index (χ2v) is 4.59. The highest BCUT2D eigenvalue weighted by atomic mass is 16.4. The number of carbonyl (C=O) groups is 2. The van der Waals surface area contributed by atoms with Crippen LogP contribution in [0.25, 0.3) is 0 Å². The molecule has 1 heterocycles. The van der Waals surface area contributed by atoms with Crippen LogP contribution in [0.2, 0.25) is 0 Å². The molecule has 0 aromatic carbocycles. The first kappa shape index (κ1) is 14.0. The van der Waals surface area contributed by atoms with E-state index < -0.39 is 12.0 Å². The number of carboxylic acid groups (broad SMARTS) is 1. The molecular formula is C12H22N2O3. The lowest BCUT2D eigenvalue weighted by molar-refractivity contribution is -0.145. The van der Waals surface area contributed by atoms with Gasteiger partial charge in [-0.1, -0.05) is 13.3 Å². The van der Waals surface area contributed by atoms with E-state index in [0.717, 1.165) is 25.8 Å². The SMILES string of the molecule is CCCC(C(=O)O)N1CCCC(C(=O)NC)C1. The van der Waals surface area contributed by atoms with Gasteiger partial charge in [-0.05, 0) is 25.8 Å². The number of rotatable bonds is 5. The van der Waals surface area contributed by atoms with Crippen LogP contribution in [0.3, 0.4) is 0 Å². The Morgan fingerprint density at radius 1 is 1.53 bits per heavy atom. The van der Waals surface area contributed by atoms with Gasteiger partial charge in [0, 0.05) is 13.6 Å². The Kier molecular flexibility index (Phi) is 5.41. The fourth-order valence-corrected chi connectivity index (χ4v) is 2.44. The molecule has 5 heteroatoms. The van der Waals surface area contributed by atoms with Gasteiger partial charge >= 0.3 is 5.97 Å². The summed E-state index contributed by atoms with van der Waals surface area (Å²) < 4.78 is 0. The van der Waals surface area contributed by atoms with Gasteiger partial charge in [-0.15, -0.1) is 0 Å². The van der Waals surface area contributed by atoms with Crippen LogP contribution in [0.4, 0.5) is 0 Å². The molecule has 0 bridgehead atoms. The van der Waals surface area contributed by atoms with Crippen LogP contribution in [0.5, 0.6) is 0 Å². The Hall–Kier alpha value is -1.10. The van der Waals surface area contributed by atoms with Crippen molar-refractivity contribution in [2.24, 2.45) is 5.92 Å². The molecule has 2 N–H and O–H groups in total. The first-order chi connectivity index (χ1) is 8.10. The molecule has 1 aliphatic rings. The van der Waals surface area contributed by atoms with Crippen molar-refractivity contribution in [3.63, 3.8) is 0 Å². The predicted molar refractivity (Wildman–Crippen MR) is 64.7 cm³/mol. The third-order valence-corrected chi connectivity index (χ3v) is 3.36. The van der Waals surface area contributed by atoms with Gasteiger partial charge in [0.25, 0.3) is 0 Å². The van der Waals surface area contributed by atoms with E-state index in [9.17, 15) is 14.7 Å². The molecular weight excluding hydrogens is 220 g/mol. The number of hydrogen-bond donors (Lipinski definition) is 2. The number of aliphatic carboxylic acids is 1. The van der Waals surface area contributed by atoms with Crippen molar-refractivity contribution in [1.29, 1.82) is 0 Å². The number of amides is 1. The van der Waals surface area contributed by atoms with Crippen LogP contribution < -0.4 is 5.32 Å². The third-order valence-electron chi connectivity index (χ3n) is 3.36. The molecule has 5 nitrogen and oxygen atoms in total. The van der Waals surface area contributed by atoms with Crippen molar-refractivity contribution >= 4 is 11.9 Å². The zero-order chi connectivity index (χ0) is 12.8. The molecule has 1 saturated heterocycles. The molecule has 0 aromatic rings. The van der Waals surface area contributed by atoms with E-state index >= 15 is 0 Å². The van der Waals surface area contributed by atoms with Gasteiger partial charge in [0.15, 0.2) is 0 Å². The number of carboxylic acids is 1. The Bertz CT molecular complexity index is 281. The van der Waals surface area contributed by atoms with E-state index in [2.05, 4.69) is 5.32 Å². The van der Waals surface area contributed by atoms with Crippen molar-refractivity contribution in [2.75, 3.05) is 20.1 Å². The Balaban J connectivity index is 2.63. The third kappa shape index (κ3) is 3.70. The molecule has 0 radical (unpaired) electrons. The molecule has 1 rings (SSSR count). The van der Waals surface area contributed by atoms with Crippen LogP contribution >= 0.6 is 0 Å². The van der Waals surface area contributed by atoms with Crippen molar-refractivity contribution in [2.45, 2.75) is 38.6 Å². The van der Waals surface area contributed by atoms with E-state index in [4.69, 9.17) is 0 Å². The average Bonchev–Trinajstić information content (AvgIpc) is 2.34. The molecule has 0 aliphatic carbocycles. The monoisotopic (exact) mass is 242 g/mol. The molecule has 2 atom stereocenters. The maximum absolute atomic E-state index is 11.6. The minimum Gasteiger partial charge on any atom is -0.480 e. The van der Waals surface area contributed by atoms with Gasteiger partial charge in [0.05, 0.1) is 5.92 Å². The van der Waals surface area contributed by atoms with Gasteiger partial charge < -0.3 is 10.4 Å². The summed E-state index contributed by atoms with van der Waals surface area (Å²) in [7, 11) is 1.63. The zero-order valence-corrected chi connectivity index (χ0v) is 10.6. The van der Waals surface area contributed by atoms with Crippen LogP contribution in [-0.2, 0) is 9.59 Å². The summed E-state index contributed by atoms with van der Waals surface area (Å²) in [5, 5.41) is 11.8. The lowest BCUT2D eigenvalue weighted by Crippen LogP contribution is -2.49. The summed E-state index contributed by atoms with van der Waals surface area (Å²) in [6, 6.07) is -0.438. The first-order valence-electron chi connectivity index (χ1n) is 6.28. The highest BCUT2D eigenvalue weighted by Gasteiger charge is 2.32. The molecule has 0 aromatic heterocycles. The second-order valence-electron chi connectivity index (χ2n) is 4.59. The smallest absolute Gasteiger partial charge is 0.320 e. The number of nitrogens with zero attached hydrogens (tertiary/aromatic N) is 1. The summed E-state index contributed by atoms with van der Waals surface area (Å²) in [4.78, 5) is 24.7. The Morgan fingerprint density at radius 3 is 2.76 bits per heavy atom. The van der Waals surface area contributed by atoms with Gasteiger partial charge in [-0.25, -0.2) is 0 Å². The minimum absolute atomic E-state index is 0.0235. The van der Waals surface area contributed by atoms with E-state index in [1.54, 1.807) is 7.05 Å². The second kappa shape index (κ2) is 6.59. The Morgan fingerprint density at radius 2 is 2.24 bits per heavy atom. The van der Waals surface area contributed by atoms with Crippen molar-refractivity contribution in [1.82, 2.24) is 10.2 Å². The van der Waals surface area contributed by atoms with Gasteiger partial charge in [0.2, 0.25) is 5.91 Å². The number of carbonyl (C=O) groups excluding carboxylic acids is 1. The van der Waals surface area contributed by atoms with Crippen molar-refractivity contribution in [3.8, 4) is 0 Å². The quantitative estimate of drug-likeness (QED) is 0.744. The molecule has 1 aliphatic heterocycles. The summed E-state index contributed by atoms with van der Waals surface area (Å²) in [5.74, 6) is -0.813. The van der Waals surface area contributed by atoms with Gasteiger partial charge in [0.1, 0.15) is 6.04 Å². The highest BCUT2D eigenvalue weighted by molar-refractivity contribution is 5.79. The molecule has 0 saturated carbocycles. The van der Waals surface area contributed by atoms with Gasteiger partial charge in [-0.2, -0.15) is 0 Å². The summed E-state index contributed by atoms with van der Waals surface area (Å²) in [5.41, 5.74) is 0. The topological polar surface area (TPSA) is 69.6 Å². The maximum Gasteiger partial charge on any atom is 0.320 e. The predicted octanol–water partition coefficient (Wildman–Crippen LogP) is 0.698. The number of hydrogen-bond acceptors (Lipinski definition) is 3. The van der Waals surface area contributed by atoms with Gasteiger partial charge in [-0.3, -0.25) is 14.5 Å².